The molecule has 10 heterocycles. The minimum Gasteiger partial charge on any atom is -1.00 e. The molecule has 30 heteroatoms. The zero-order valence-corrected chi connectivity index (χ0v) is 75.3. The van der Waals surface area contributed by atoms with Crippen LogP contribution in [-0.4, -0.2) is 239 Å². The van der Waals surface area contributed by atoms with Crippen molar-refractivity contribution < 1.29 is 172 Å². The van der Waals surface area contributed by atoms with Crippen LogP contribution in [0.1, 0.15) is 243 Å². The molecule has 10 fully saturated rings. The number of esters is 2. The van der Waals surface area contributed by atoms with Crippen LogP contribution in [0, 0.1) is 0 Å². The van der Waals surface area contributed by atoms with Gasteiger partial charge in [0.15, 0.2) is 17.4 Å². The van der Waals surface area contributed by atoms with E-state index in [9.17, 15) is 38.1 Å². The van der Waals surface area contributed by atoms with Gasteiger partial charge in [-0.1, -0.05) is 63.1 Å². The van der Waals surface area contributed by atoms with E-state index in [-0.39, 0.29) is 205 Å². The number of rotatable bonds is 14. The topological polar surface area (TPSA) is 274 Å². The average Bonchev–Trinajstić information content (AvgIpc) is 1.69. The molecule has 0 aliphatic carbocycles. The number of fused-ring (bicyclic) bond motifs is 10. The Balaban J connectivity index is -0.000000601. The molecule has 0 radical (unpaired) electrons. The maximum absolute atomic E-state index is 12.3. The standard InChI is InChI=1S/C16H25NO4.C15H25NO3.C14H23NO3.C12H19NO3.C10H17NO.C8H17O5P.CH3I.Al.Li.2Na.6H/c1-5-20-14(18)10-11-8-12-6-7-13(9-11)17(12)15(19)21-16(2,3)4;1-15(2,3)19-14(17)16-12-5-6-13(16)10-11(9-12)7-8-18-4;1-14(2,3)18-13(17)15-11-4-5-12(15)9-10(8-11)6-7-16;1-12(2,3)16-11(15)13-8-4-5-9(13)7-10(14)6-8;1-12-5-4-8-6-9-2-3-10(7-8)11-9;1-4-11-8(9)7-14(10,12-5-2)13-6-3;1-2;;;;;;;;;;/h10,12-13H,5-9H2,1-4H3;7,12-13H,5-6,8-10H2,1-4H3;6,11-12,16H,4-5,7-9H2,1-3H3;8-9H,4-7H2,1-3H3;4,9-11H,2-3,5-7H2,1H3;4-7H2,1-3H3;1H3;;;;;;;;;;/q;;;;;;;;3*+1;;;;3*-1/t2*12-,13?;11-,12?;8-,9?;9-,10?;;;;;;;;;;;;/m00000............/s1. The molecule has 5 unspecified atom stereocenters. The van der Waals surface area contributed by atoms with Crippen LogP contribution in [-0.2, 0) is 65.9 Å². The predicted octanol–water partition coefficient (Wildman–Crippen LogP) is 5.25. The van der Waals surface area contributed by atoms with Crippen LogP contribution in [0.3, 0.4) is 0 Å². The van der Waals surface area contributed by atoms with Crippen LogP contribution in [0.15, 0.2) is 46.6 Å². The van der Waals surface area contributed by atoms with Gasteiger partial charge in [0.05, 0.1) is 46.2 Å². The summed E-state index contributed by atoms with van der Waals surface area (Å²) in [5.41, 5.74) is 3.61. The van der Waals surface area contributed by atoms with Crippen LogP contribution in [0.25, 0.3) is 0 Å². The van der Waals surface area contributed by atoms with Crippen molar-refractivity contribution >= 4 is 89.6 Å². The summed E-state index contributed by atoms with van der Waals surface area (Å²) >= 11 is 2.15. The molecule has 10 atom stereocenters. The van der Waals surface area contributed by atoms with Gasteiger partial charge < -0.3 is 81.2 Å². The molecule has 10 rings (SSSR count). The van der Waals surface area contributed by atoms with Crippen molar-refractivity contribution in [3.8, 4) is 0 Å². The van der Waals surface area contributed by atoms with Gasteiger partial charge in [0, 0.05) is 93.6 Å². The van der Waals surface area contributed by atoms with E-state index in [1.807, 2.05) is 109 Å². The first-order valence-electron chi connectivity index (χ1n) is 37.2. The second kappa shape index (κ2) is 50.7. The molecule has 0 saturated carbocycles. The van der Waals surface area contributed by atoms with Gasteiger partial charge in [-0.3, -0.25) is 14.2 Å². The number of halogens is 1. The van der Waals surface area contributed by atoms with E-state index in [0.29, 0.717) is 38.1 Å². The summed E-state index contributed by atoms with van der Waals surface area (Å²) in [6.45, 7) is 32.2. The monoisotopic (exact) mass is 1660 g/mol. The fourth-order valence-corrected chi connectivity index (χ4v) is 16.4. The van der Waals surface area contributed by atoms with Gasteiger partial charge in [-0.05, 0) is 231 Å². The molecule has 2 N–H and O–H groups in total. The third kappa shape index (κ3) is 36.8. The number of carbonyl (C=O) groups is 7. The Morgan fingerprint density at radius 2 is 0.755 bits per heavy atom. The third-order valence-electron chi connectivity index (χ3n) is 18.5. The summed E-state index contributed by atoms with van der Waals surface area (Å²) in [7, 11) is 0.187. The van der Waals surface area contributed by atoms with Gasteiger partial charge in [0.25, 0.3) is 0 Å². The number of Topliss-reactive ketones (excluding diaryl/α,β-unsaturated/α-hetero) is 1. The number of hydrogen-bond donors (Lipinski definition) is 2. The number of amides is 4. The molecule has 0 aromatic heterocycles. The zero-order chi connectivity index (χ0) is 76.3. The molecule has 0 spiro atoms. The molecule has 10 aliphatic heterocycles. The first-order chi connectivity index (χ1) is 47.9. The number of piperidine rings is 5. The summed E-state index contributed by atoms with van der Waals surface area (Å²) in [4.78, 5) is 92.2. The van der Waals surface area contributed by atoms with E-state index in [1.165, 1.54) is 36.8 Å². The van der Waals surface area contributed by atoms with E-state index in [2.05, 4.69) is 44.8 Å². The van der Waals surface area contributed by atoms with Crippen LogP contribution in [0.4, 0.5) is 19.2 Å². The van der Waals surface area contributed by atoms with Gasteiger partial charge in [-0.2, -0.15) is 0 Å². The van der Waals surface area contributed by atoms with Gasteiger partial charge >= 0.3 is 122 Å². The summed E-state index contributed by atoms with van der Waals surface area (Å²) in [5, 5.41) is 12.6. The minimum atomic E-state index is -3.28. The number of aliphatic hydroxyl groups is 1. The Hall–Kier alpha value is -1.50. The quantitative estimate of drug-likeness (QED) is 0.0328. The Kier molecular flexibility index (Phi) is 49.9. The molecular weight excluding hydrogens is 1520 g/mol. The van der Waals surface area contributed by atoms with Crippen LogP contribution in [0.2, 0.25) is 0 Å². The van der Waals surface area contributed by atoms with Gasteiger partial charge in [0.1, 0.15) is 34.3 Å². The Morgan fingerprint density at radius 3 is 1.03 bits per heavy atom. The van der Waals surface area contributed by atoms with Crippen molar-refractivity contribution in [2.45, 2.75) is 322 Å². The molecule has 596 valence electrons. The van der Waals surface area contributed by atoms with E-state index in [4.69, 9.17) is 47.3 Å². The van der Waals surface area contributed by atoms with Gasteiger partial charge in [0.2, 0.25) is 0 Å². The maximum atomic E-state index is 12.3. The maximum Gasteiger partial charge on any atom is 1.00 e. The molecule has 4 amide bonds. The number of alkyl halides is 1. The first kappa shape index (κ1) is 104. The van der Waals surface area contributed by atoms with Crippen molar-refractivity contribution in [1.82, 2.24) is 24.9 Å². The van der Waals surface area contributed by atoms with Gasteiger partial charge in [-0.25, -0.2) is 24.0 Å². The fourth-order valence-electron chi connectivity index (χ4n) is 14.9. The second-order valence-corrected chi connectivity index (χ2v) is 33.5. The summed E-state index contributed by atoms with van der Waals surface area (Å²) in [6, 6.07) is 3.17. The number of carbonyl (C=O) groups excluding carboxylic acids is 7. The predicted molar refractivity (Wildman–Crippen MR) is 416 cm³/mol. The Labute approximate surface area is 720 Å². The van der Waals surface area contributed by atoms with Crippen LogP contribution < -0.4 is 83.3 Å². The second-order valence-electron chi connectivity index (χ2n) is 31.5. The third-order valence-corrected chi connectivity index (χ3v) is 20.5. The van der Waals surface area contributed by atoms with Crippen molar-refractivity contribution in [3.63, 3.8) is 0 Å². The fraction of sp³-hybridized carbons (Fsp3) is 0.803. The van der Waals surface area contributed by atoms with Crippen LogP contribution in [0.5, 0.6) is 0 Å². The van der Waals surface area contributed by atoms with Crippen molar-refractivity contribution in [2.24, 2.45) is 0 Å². The van der Waals surface area contributed by atoms with Crippen molar-refractivity contribution in [2.75, 3.05) is 71.6 Å². The number of nitrogens with zero attached hydrogens (tertiary/aromatic N) is 4. The number of methoxy groups -OCH3 is 2. The van der Waals surface area contributed by atoms with Crippen molar-refractivity contribution in [3.05, 3.63) is 46.6 Å². The van der Waals surface area contributed by atoms with Crippen molar-refractivity contribution in [1.29, 1.82) is 0 Å². The normalized spacial score (nSPS) is 25.8. The largest absolute Gasteiger partial charge is 1.00 e. The number of hydrogen-bond acceptors (Lipinski definition) is 20. The first-order valence-corrected chi connectivity index (χ1v) is 41.1. The van der Waals surface area contributed by atoms with E-state index in [0.717, 1.165) is 114 Å². The van der Waals surface area contributed by atoms with E-state index < -0.39 is 36.0 Å². The molecule has 0 aromatic rings. The zero-order valence-electron chi connectivity index (χ0n) is 71.3. The molecular formula is C76H135AlILiN5Na2O19P. The minimum absolute atomic E-state index is 0. The average molecular weight is 1660 g/mol. The molecule has 10 saturated heterocycles. The smallest absolute Gasteiger partial charge is 1.00 e. The number of aliphatic hydroxyl groups excluding tert-OH is 1. The van der Waals surface area contributed by atoms with E-state index in [1.54, 1.807) is 58.5 Å². The Morgan fingerprint density at radius 1 is 0.472 bits per heavy atom. The van der Waals surface area contributed by atoms with Crippen LogP contribution >= 0.6 is 30.2 Å². The number of ether oxygens (including phenoxy) is 8. The molecule has 10 aliphatic rings. The Bertz CT molecular complexity index is 2840. The van der Waals surface area contributed by atoms with Gasteiger partial charge in [-0.15, -0.1) is 0 Å². The summed E-state index contributed by atoms with van der Waals surface area (Å²) in [5.74, 6) is -0.553. The summed E-state index contributed by atoms with van der Waals surface area (Å²) in [6.07, 6.45) is 26.3. The molecule has 10 bridgehead atoms. The molecule has 0 aromatic carbocycles. The molecule has 24 nitrogen and oxygen atoms in total. The number of ketones is 1. The molecule has 106 heavy (non-hydrogen) atoms. The summed E-state index contributed by atoms with van der Waals surface area (Å²) < 4.78 is 63.2. The van der Waals surface area contributed by atoms with E-state index >= 15 is 0 Å². The SMILES string of the molecule is CC(C)(C)OC(=O)N1C2CC[C@H]1CC(=CCO)C2.CC(C)(C)OC(=O)N1C2CC[C@H]1CC(=O)C2.CCOC(=O)C=C1CC2CC[C@@H](C1)N2C(=O)OC(C)(C)C.CCOC(=O)CP(=O)(OCC)OCC.CI.COCC=C1CC2CC[C@@H](C1)N2.COCC=C1CC2CC[C@@H](C1)N2C(=O)OC(C)(C)C.[AlH3].[H-].[H-].[H-].[Li+].[Na+].[Na+]. The number of nitrogens with one attached hydrogen (secondary N) is 1.